The van der Waals surface area contributed by atoms with Gasteiger partial charge in [0.25, 0.3) is 5.91 Å². The molecule has 0 saturated carbocycles. The predicted octanol–water partition coefficient (Wildman–Crippen LogP) is 3.17. The third-order valence-corrected chi connectivity index (χ3v) is 3.67. The number of H-pyrrole nitrogens is 1. The minimum absolute atomic E-state index is 0.167. The number of aromatic nitrogens is 4. The Bertz CT molecular complexity index is 1020. The standard InChI is InChI=1S/C17H13N5O2/c1-10-11-6-2-3-8-13(11)24-14(10)16(23)20-17-19-15(21-22-17)12-7-4-5-9-18-12/h2-9H,1H3,(H2,19,20,21,22,23). The van der Waals surface area contributed by atoms with Crippen LogP contribution in [0.5, 0.6) is 0 Å². The van der Waals surface area contributed by atoms with Gasteiger partial charge >= 0.3 is 0 Å². The maximum Gasteiger partial charge on any atom is 0.294 e. The van der Waals surface area contributed by atoms with Gasteiger partial charge in [-0.2, -0.15) is 4.98 Å². The molecule has 0 aliphatic heterocycles. The zero-order valence-electron chi connectivity index (χ0n) is 12.8. The largest absolute Gasteiger partial charge is 0.451 e. The van der Waals surface area contributed by atoms with Crippen molar-refractivity contribution in [3.8, 4) is 11.5 Å². The number of anilines is 1. The molecule has 118 valence electrons. The number of nitrogens with one attached hydrogen (secondary N) is 2. The zero-order chi connectivity index (χ0) is 16.5. The van der Waals surface area contributed by atoms with Crippen molar-refractivity contribution in [2.75, 3.05) is 5.32 Å². The summed E-state index contributed by atoms with van der Waals surface area (Å²) in [7, 11) is 0. The van der Waals surface area contributed by atoms with Crippen molar-refractivity contribution >= 4 is 22.8 Å². The molecule has 0 bridgehead atoms. The molecular weight excluding hydrogens is 306 g/mol. The van der Waals surface area contributed by atoms with Crippen LogP contribution < -0.4 is 5.32 Å². The number of carbonyl (C=O) groups excluding carboxylic acids is 1. The number of carbonyl (C=O) groups is 1. The molecular formula is C17H13N5O2. The van der Waals surface area contributed by atoms with E-state index < -0.39 is 5.91 Å². The van der Waals surface area contributed by atoms with Crippen molar-refractivity contribution in [2.24, 2.45) is 0 Å². The third kappa shape index (κ3) is 2.41. The van der Waals surface area contributed by atoms with E-state index in [2.05, 4.69) is 25.5 Å². The van der Waals surface area contributed by atoms with E-state index in [1.165, 1.54) is 0 Å². The summed E-state index contributed by atoms with van der Waals surface area (Å²) in [5.41, 5.74) is 2.10. The molecule has 0 atom stereocenters. The Labute approximate surface area is 136 Å². The van der Waals surface area contributed by atoms with Gasteiger partial charge in [0.1, 0.15) is 11.3 Å². The minimum atomic E-state index is -0.393. The second-order valence-electron chi connectivity index (χ2n) is 5.23. The molecule has 7 heteroatoms. The van der Waals surface area contributed by atoms with Crippen LogP contribution >= 0.6 is 0 Å². The molecule has 0 fully saturated rings. The van der Waals surface area contributed by atoms with Crippen LogP contribution in [-0.4, -0.2) is 26.1 Å². The summed E-state index contributed by atoms with van der Waals surface area (Å²) in [4.78, 5) is 20.8. The Balaban J connectivity index is 1.60. The molecule has 7 nitrogen and oxygen atoms in total. The van der Waals surface area contributed by atoms with E-state index in [1.807, 2.05) is 43.3 Å². The highest BCUT2D eigenvalue weighted by Gasteiger charge is 2.19. The monoisotopic (exact) mass is 319 g/mol. The van der Waals surface area contributed by atoms with E-state index in [0.29, 0.717) is 17.1 Å². The van der Waals surface area contributed by atoms with Crippen molar-refractivity contribution in [1.82, 2.24) is 20.2 Å². The lowest BCUT2D eigenvalue weighted by Crippen LogP contribution is -2.13. The van der Waals surface area contributed by atoms with Crippen LogP contribution in [0, 0.1) is 6.92 Å². The van der Waals surface area contributed by atoms with Crippen molar-refractivity contribution in [3.05, 3.63) is 60.0 Å². The van der Waals surface area contributed by atoms with Gasteiger partial charge in [-0.1, -0.05) is 24.3 Å². The maximum atomic E-state index is 12.4. The van der Waals surface area contributed by atoms with Gasteiger partial charge in [-0.25, -0.2) is 0 Å². The molecule has 0 spiro atoms. The Morgan fingerprint density at radius 2 is 2.00 bits per heavy atom. The smallest absolute Gasteiger partial charge is 0.294 e. The highest BCUT2D eigenvalue weighted by molar-refractivity contribution is 6.05. The first-order valence-electron chi connectivity index (χ1n) is 7.35. The fourth-order valence-corrected chi connectivity index (χ4v) is 2.48. The lowest BCUT2D eigenvalue weighted by Gasteiger charge is -1.98. The number of benzene rings is 1. The second-order valence-corrected chi connectivity index (χ2v) is 5.23. The Hall–Kier alpha value is -3.48. The molecule has 2 N–H and O–H groups in total. The van der Waals surface area contributed by atoms with Gasteiger partial charge in [-0.15, -0.1) is 5.10 Å². The molecule has 0 radical (unpaired) electrons. The van der Waals surface area contributed by atoms with Crippen LogP contribution in [0.1, 0.15) is 16.1 Å². The first-order valence-corrected chi connectivity index (χ1v) is 7.35. The number of amides is 1. The van der Waals surface area contributed by atoms with Crippen LogP contribution in [0.3, 0.4) is 0 Å². The van der Waals surface area contributed by atoms with Gasteiger partial charge in [0.05, 0.1) is 0 Å². The van der Waals surface area contributed by atoms with Gasteiger partial charge in [0.2, 0.25) is 5.95 Å². The number of aromatic amines is 1. The van der Waals surface area contributed by atoms with Gasteiger partial charge < -0.3 is 4.42 Å². The van der Waals surface area contributed by atoms with Crippen LogP contribution in [-0.2, 0) is 0 Å². The molecule has 1 aromatic carbocycles. The molecule has 4 aromatic rings. The molecule has 24 heavy (non-hydrogen) atoms. The van der Waals surface area contributed by atoms with Gasteiger partial charge in [-0.3, -0.25) is 20.2 Å². The first kappa shape index (κ1) is 14.1. The van der Waals surface area contributed by atoms with Crippen LogP contribution in [0.25, 0.3) is 22.5 Å². The SMILES string of the molecule is Cc1c(C(=O)Nc2n[nH]c(-c3ccccn3)n2)oc2ccccc12. The van der Waals surface area contributed by atoms with Crippen molar-refractivity contribution in [1.29, 1.82) is 0 Å². The zero-order valence-corrected chi connectivity index (χ0v) is 12.8. The third-order valence-electron chi connectivity index (χ3n) is 3.67. The molecule has 0 aliphatic carbocycles. The van der Waals surface area contributed by atoms with Crippen LogP contribution in [0.4, 0.5) is 5.95 Å². The van der Waals surface area contributed by atoms with Crippen molar-refractivity contribution in [2.45, 2.75) is 6.92 Å². The average Bonchev–Trinajstić information content (AvgIpc) is 3.21. The number of rotatable bonds is 3. The first-order chi connectivity index (χ1) is 11.7. The fourth-order valence-electron chi connectivity index (χ4n) is 2.48. The Morgan fingerprint density at radius 3 is 2.79 bits per heavy atom. The van der Waals surface area contributed by atoms with Gasteiger partial charge in [-0.05, 0) is 25.1 Å². The summed E-state index contributed by atoms with van der Waals surface area (Å²) < 4.78 is 5.63. The number of hydrogen-bond acceptors (Lipinski definition) is 5. The number of hydrogen-bond donors (Lipinski definition) is 2. The molecule has 3 aromatic heterocycles. The minimum Gasteiger partial charge on any atom is -0.451 e. The van der Waals surface area contributed by atoms with Crippen LogP contribution in [0.2, 0.25) is 0 Å². The molecule has 0 unspecified atom stereocenters. The van der Waals surface area contributed by atoms with Gasteiger partial charge in [0.15, 0.2) is 11.6 Å². The van der Waals surface area contributed by atoms with Crippen molar-refractivity contribution < 1.29 is 9.21 Å². The Kier molecular flexibility index (Phi) is 3.31. The fraction of sp³-hybridized carbons (Fsp3) is 0.0588. The van der Waals surface area contributed by atoms with Gasteiger partial charge in [0, 0.05) is 17.1 Å². The van der Waals surface area contributed by atoms with E-state index in [-0.39, 0.29) is 11.7 Å². The summed E-state index contributed by atoms with van der Waals surface area (Å²) in [5, 5.41) is 10.3. The highest BCUT2D eigenvalue weighted by Crippen LogP contribution is 2.25. The van der Waals surface area contributed by atoms with E-state index in [0.717, 1.165) is 10.9 Å². The van der Waals surface area contributed by atoms with E-state index in [9.17, 15) is 4.79 Å². The number of fused-ring (bicyclic) bond motifs is 1. The topological polar surface area (TPSA) is 96.7 Å². The number of furan rings is 1. The lowest BCUT2D eigenvalue weighted by atomic mass is 10.1. The number of nitrogens with zero attached hydrogens (tertiary/aromatic N) is 3. The lowest BCUT2D eigenvalue weighted by molar-refractivity contribution is 0.0997. The summed E-state index contributed by atoms with van der Waals surface area (Å²) in [6, 6.07) is 13.0. The summed E-state index contributed by atoms with van der Waals surface area (Å²) in [6.07, 6.45) is 1.66. The maximum absolute atomic E-state index is 12.4. The summed E-state index contributed by atoms with van der Waals surface area (Å²) >= 11 is 0. The molecule has 4 rings (SSSR count). The van der Waals surface area contributed by atoms with Crippen molar-refractivity contribution in [3.63, 3.8) is 0 Å². The number of pyridine rings is 1. The van der Waals surface area contributed by atoms with E-state index >= 15 is 0 Å². The summed E-state index contributed by atoms with van der Waals surface area (Å²) in [6.45, 7) is 1.85. The molecule has 0 aliphatic rings. The summed E-state index contributed by atoms with van der Waals surface area (Å²) in [5.74, 6) is 0.503. The highest BCUT2D eigenvalue weighted by atomic mass is 16.3. The normalized spacial score (nSPS) is 10.9. The molecule has 3 heterocycles. The number of para-hydroxylation sites is 1. The Morgan fingerprint density at radius 1 is 1.17 bits per heavy atom. The average molecular weight is 319 g/mol. The van der Waals surface area contributed by atoms with E-state index in [1.54, 1.807) is 12.3 Å². The van der Waals surface area contributed by atoms with E-state index in [4.69, 9.17) is 4.42 Å². The number of aryl methyl sites for hydroxylation is 1. The molecule has 1 amide bonds. The second kappa shape index (κ2) is 5.62. The quantitative estimate of drug-likeness (QED) is 0.604. The molecule has 0 saturated heterocycles. The predicted molar refractivity (Wildman–Crippen MR) is 88.5 cm³/mol. The van der Waals surface area contributed by atoms with Crippen LogP contribution in [0.15, 0.2) is 53.1 Å².